The maximum Gasteiger partial charge on any atom is 0.272 e. The molecule has 3 rings (SSSR count). The Morgan fingerprint density at radius 1 is 1.38 bits per heavy atom. The Morgan fingerprint density at radius 2 is 2.10 bits per heavy atom. The minimum absolute atomic E-state index is 0.0278. The Labute approximate surface area is 126 Å². The molecule has 21 heavy (non-hydrogen) atoms. The molecule has 2 heterocycles. The van der Waals surface area contributed by atoms with Crippen LogP contribution in [0.3, 0.4) is 0 Å². The van der Waals surface area contributed by atoms with Crippen molar-refractivity contribution in [2.24, 2.45) is 13.0 Å². The van der Waals surface area contributed by atoms with Crippen molar-refractivity contribution in [3.63, 3.8) is 0 Å². The van der Waals surface area contributed by atoms with Gasteiger partial charge >= 0.3 is 0 Å². The number of hydrogen-bond donors (Lipinski definition) is 1. The molecule has 2 fully saturated rings. The summed E-state index contributed by atoms with van der Waals surface area (Å²) in [7, 11) is 1.93. The molecule has 5 heteroatoms. The highest BCUT2D eigenvalue weighted by Crippen LogP contribution is 2.39. The number of nitrogens with one attached hydrogen (secondary N) is 1. The molecule has 1 aliphatic heterocycles. The van der Waals surface area contributed by atoms with Crippen LogP contribution in [0.25, 0.3) is 0 Å². The van der Waals surface area contributed by atoms with Gasteiger partial charge in [0.15, 0.2) is 0 Å². The molecule has 1 saturated carbocycles. The zero-order valence-electron chi connectivity index (χ0n) is 13.5. The normalized spacial score (nSPS) is 26.5. The minimum atomic E-state index is -0.0278. The first kappa shape index (κ1) is 14.6. The third-order valence-corrected chi connectivity index (χ3v) is 4.83. The summed E-state index contributed by atoms with van der Waals surface area (Å²) in [6, 6.07) is 2.73. The number of aromatic nitrogens is 2. The third-order valence-electron chi connectivity index (χ3n) is 4.83. The summed E-state index contributed by atoms with van der Waals surface area (Å²) in [6.07, 6.45) is 2.45. The fraction of sp³-hybridized carbons (Fsp3) is 0.750. The van der Waals surface area contributed by atoms with E-state index in [4.69, 9.17) is 0 Å². The van der Waals surface area contributed by atoms with Gasteiger partial charge in [-0.15, -0.1) is 0 Å². The molecule has 116 valence electrons. The highest BCUT2D eigenvalue weighted by molar-refractivity contribution is 5.92. The summed E-state index contributed by atoms with van der Waals surface area (Å²) in [5.74, 6) is 1.08. The highest BCUT2D eigenvalue weighted by Gasteiger charge is 2.33. The van der Waals surface area contributed by atoms with E-state index in [1.807, 2.05) is 17.8 Å². The monoisotopic (exact) mass is 290 g/mol. The van der Waals surface area contributed by atoms with Gasteiger partial charge in [-0.05, 0) is 38.7 Å². The van der Waals surface area contributed by atoms with Gasteiger partial charge in [-0.3, -0.25) is 14.4 Å². The smallest absolute Gasteiger partial charge is 0.272 e. The van der Waals surface area contributed by atoms with Crippen LogP contribution in [-0.4, -0.2) is 45.8 Å². The molecule has 0 aromatic carbocycles. The van der Waals surface area contributed by atoms with Gasteiger partial charge < -0.3 is 5.32 Å². The summed E-state index contributed by atoms with van der Waals surface area (Å²) in [5, 5.41) is 7.56. The highest BCUT2D eigenvalue weighted by atomic mass is 16.2. The molecule has 0 bridgehead atoms. The molecular formula is C16H26N4O. The molecule has 1 N–H and O–H groups in total. The van der Waals surface area contributed by atoms with Gasteiger partial charge in [-0.1, -0.05) is 6.92 Å². The van der Waals surface area contributed by atoms with Crippen LogP contribution in [0.15, 0.2) is 6.07 Å². The topological polar surface area (TPSA) is 50.2 Å². The summed E-state index contributed by atoms with van der Waals surface area (Å²) >= 11 is 0. The Morgan fingerprint density at radius 3 is 2.67 bits per heavy atom. The zero-order chi connectivity index (χ0) is 15.1. The van der Waals surface area contributed by atoms with Crippen molar-refractivity contribution >= 4 is 5.91 Å². The van der Waals surface area contributed by atoms with Crippen molar-refractivity contribution in [2.75, 3.05) is 13.1 Å². The van der Waals surface area contributed by atoms with E-state index in [1.54, 1.807) is 0 Å². The molecule has 1 aliphatic carbocycles. The number of likely N-dealkylation sites (tertiary alicyclic amines) is 1. The Balaban J connectivity index is 1.65. The first-order chi connectivity index (χ1) is 9.95. The van der Waals surface area contributed by atoms with E-state index in [0.29, 0.717) is 23.6 Å². The van der Waals surface area contributed by atoms with E-state index in [1.165, 1.54) is 18.5 Å². The zero-order valence-corrected chi connectivity index (χ0v) is 13.5. The molecule has 2 atom stereocenters. The second-order valence-electron chi connectivity index (χ2n) is 6.96. The Hall–Kier alpha value is -1.36. The van der Waals surface area contributed by atoms with Crippen molar-refractivity contribution in [1.29, 1.82) is 0 Å². The molecule has 1 saturated heterocycles. The van der Waals surface area contributed by atoms with Crippen LogP contribution >= 0.6 is 0 Å². The van der Waals surface area contributed by atoms with Crippen LogP contribution in [0.1, 0.15) is 55.7 Å². The fourth-order valence-corrected chi connectivity index (χ4v) is 3.21. The maximum atomic E-state index is 12.4. The lowest BCUT2D eigenvalue weighted by Gasteiger charge is -2.20. The molecular weight excluding hydrogens is 264 g/mol. The average molecular weight is 290 g/mol. The van der Waals surface area contributed by atoms with Crippen LogP contribution in [0.5, 0.6) is 0 Å². The van der Waals surface area contributed by atoms with Crippen LogP contribution < -0.4 is 5.32 Å². The van der Waals surface area contributed by atoms with Crippen molar-refractivity contribution < 1.29 is 4.79 Å². The van der Waals surface area contributed by atoms with E-state index in [2.05, 4.69) is 36.1 Å². The molecule has 2 aliphatic rings. The maximum absolute atomic E-state index is 12.4. The van der Waals surface area contributed by atoms with Crippen molar-refractivity contribution in [2.45, 2.75) is 51.6 Å². The Kier molecular flexibility index (Phi) is 3.78. The number of carbonyl (C=O) groups excluding carboxylic acids is 1. The molecule has 1 amide bonds. The molecule has 1 aromatic rings. The quantitative estimate of drug-likeness (QED) is 0.919. The van der Waals surface area contributed by atoms with Crippen LogP contribution in [0.2, 0.25) is 0 Å². The summed E-state index contributed by atoms with van der Waals surface area (Å²) in [4.78, 5) is 14.8. The van der Waals surface area contributed by atoms with Crippen LogP contribution in [0, 0.1) is 5.92 Å². The molecule has 1 aromatic heterocycles. The lowest BCUT2D eigenvalue weighted by molar-refractivity contribution is 0.0925. The van der Waals surface area contributed by atoms with E-state index in [0.717, 1.165) is 13.1 Å². The van der Waals surface area contributed by atoms with Gasteiger partial charge in [0.25, 0.3) is 5.91 Å². The molecule has 0 radical (unpaired) electrons. The molecule has 0 unspecified atom stereocenters. The molecule has 0 spiro atoms. The Bertz CT molecular complexity index is 532. The van der Waals surface area contributed by atoms with Gasteiger partial charge in [0.05, 0.1) is 0 Å². The van der Waals surface area contributed by atoms with Crippen molar-refractivity contribution in [3.8, 4) is 0 Å². The van der Waals surface area contributed by atoms with Crippen LogP contribution in [-0.2, 0) is 7.05 Å². The lowest BCUT2D eigenvalue weighted by Crippen LogP contribution is -2.40. The van der Waals surface area contributed by atoms with E-state index >= 15 is 0 Å². The second-order valence-corrected chi connectivity index (χ2v) is 6.96. The largest absolute Gasteiger partial charge is 0.346 e. The van der Waals surface area contributed by atoms with E-state index in [-0.39, 0.29) is 11.9 Å². The SMILES string of the molecule is CC(C)N1C[C@@H](C)[C@@H](NC(=O)c2cc(C3CC3)n(C)n2)C1. The van der Waals surface area contributed by atoms with Gasteiger partial charge in [0.1, 0.15) is 5.69 Å². The lowest BCUT2D eigenvalue weighted by atomic mass is 10.1. The third kappa shape index (κ3) is 2.98. The predicted octanol–water partition coefficient (Wildman–Crippen LogP) is 1.76. The summed E-state index contributed by atoms with van der Waals surface area (Å²) in [6.45, 7) is 8.61. The first-order valence-corrected chi connectivity index (χ1v) is 8.04. The number of rotatable bonds is 4. The van der Waals surface area contributed by atoms with Gasteiger partial charge in [-0.2, -0.15) is 5.10 Å². The average Bonchev–Trinajstić information content (AvgIpc) is 3.09. The standard InChI is InChI=1S/C16H26N4O/c1-10(2)20-8-11(3)14(9-20)17-16(21)13-7-15(12-5-6-12)19(4)18-13/h7,10-12,14H,5-6,8-9H2,1-4H3,(H,17,21)/t11-,14+/m1/s1. The summed E-state index contributed by atoms with van der Waals surface area (Å²) in [5.41, 5.74) is 1.76. The minimum Gasteiger partial charge on any atom is -0.346 e. The number of carbonyl (C=O) groups is 1. The van der Waals surface area contributed by atoms with E-state index in [9.17, 15) is 4.79 Å². The van der Waals surface area contributed by atoms with Crippen molar-refractivity contribution in [3.05, 3.63) is 17.5 Å². The predicted molar refractivity (Wildman–Crippen MR) is 82.3 cm³/mol. The number of amides is 1. The van der Waals surface area contributed by atoms with Crippen LogP contribution in [0.4, 0.5) is 0 Å². The number of hydrogen-bond acceptors (Lipinski definition) is 3. The molecule has 5 nitrogen and oxygen atoms in total. The fourth-order valence-electron chi connectivity index (χ4n) is 3.21. The van der Waals surface area contributed by atoms with Gasteiger partial charge in [0, 0.05) is 43.8 Å². The summed E-state index contributed by atoms with van der Waals surface area (Å²) < 4.78 is 1.87. The van der Waals surface area contributed by atoms with Crippen molar-refractivity contribution in [1.82, 2.24) is 20.0 Å². The first-order valence-electron chi connectivity index (χ1n) is 8.04. The van der Waals surface area contributed by atoms with Gasteiger partial charge in [0.2, 0.25) is 0 Å². The second kappa shape index (κ2) is 5.44. The number of aryl methyl sites for hydroxylation is 1. The van der Waals surface area contributed by atoms with Gasteiger partial charge in [-0.25, -0.2) is 0 Å². The number of nitrogens with zero attached hydrogens (tertiary/aromatic N) is 3. The van der Waals surface area contributed by atoms with E-state index < -0.39 is 0 Å².